The molecule has 4 nitrogen and oxygen atoms in total. The lowest BCUT2D eigenvalue weighted by atomic mass is 9.86. The van der Waals surface area contributed by atoms with Crippen molar-refractivity contribution in [1.82, 2.24) is 9.80 Å². The van der Waals surface area contributed by atoms with Gasteiger partial charge in [-0.15, -0.1) is 0 Å². The summed E-state index contributed by atoms with van der Waals surface area (Å²) in [7, 11) is 0. The first-order valence-corrected chi connectivity index (χ1v) is 12.3. The van der Waals surface area contributed by atoms with Gasteiger partial charge in [0.25, 0.3) is 0 Å². The zero-order chi connectivity index (χ0) is 22.0. The molecule has 4 rings (SSSR count). The smallest absolute Gasteiger partial charge is 0.226 e. The summed E-state index contributed by atoms with van der Waals surface area (Å²) in [6.07, 6.45) is 6.39. The number of nitrogens with zero attached hydrogens (tertiary/aromatic N) is 2. The average molecular weight is 425 g/mol. The Morgan fingerprint density at radius 2 is 1.74 bits per heavy atom. The quantitative estimate of drug-likeness (QED) is 0.598. The molecule has 0 radical (unpaired) electrons. The number of carbonyl (C=O) groups excluding carboxylic acids is 1. The fourth-order valence-corrected chi connectivity index (χ4v) is 5.84. The summed E-state index contributed by atoms with van der Waals surface area (Å²) < 4.78 is 5.44. The molecule has 1 aliphatic carbocycles. The molecule has 1 aromatic carbocycles. The maximum Gasteiger partial charge on any atom is 0.226 e. The minimum atomic E-state index is 0.169. The Hall–Kier alpha value is -1.65. The second-order valence-electron chi connectivity index (χ2n) is 10.3. The highest BCUT2D eigenvalue weighted by molar-refractivity contribution is 5.80. The van der Waals surface area contributed by atoms with Gasteiger partial charge in [-0.2, -0.15) is 0 Å². The second kappa shape index (κ2) is 9.87. The van der Waals surface area contributed by atoms with Crippen LogP contribution in [0.2, 0.25) is 0 Å². The molecule has 0 aromatic heterocycles. The van der Waals surface area contributed by atoms with Crippen LogP contribution in [-0.2, 0) is 16.0 Å². The van der Waals surface area contributed by atoms with Crippen LogP contribution in [0.5, 0.6) is 0 Å². The van der Waals surface area contributed by atoms with Gasteiger partial charge in [0, 0.05) is 56.8 Å². The fraction of sp³-hybridized carbons (Fsp3) is 0.667. The number of rotatable bonds is 7. The highest BCUT2D eigenvalue weighted by Gasteiger charge is 2.40. The van der Waals surface area contributed by atoms with E-state index in [-0.39, 0.29) is 5.92 Å². The number of carbonyl (C=O) groups is 1. The van der Waals surface area contributed by atoms with E-state index in [2.05, 4.69) is 67.8 Å². The zero-order valence-electron chi connectivity index (χ0n) is 19.8. The van der Waals surface area contributed by atoms with Crippen molar-refractivity contribution in [3.8, 4) is 0 Å². The van der Waals surface area contributed by atoms with Crippen molar-refractivity contribution in [3.63, 3.8) is 0 Å². The van der Waals surface area contributed by atoms with Crippen molar-refractivity contribution in [2.24, 2.45) is 11.8 Å². The normalized spacial score (nSPS) is 24.4. The number of amides is 1. The van der Waals surface area contributed by atoms with Crippen molar-refractivity contribution in [3.05, 3.63) is 47.0 Å². The van der Waals surface area contributed by atoms with Crippen molar-refractivity contribution in [2.75, 3.05) is 32.8 Å². The van der Waals surface area contributed by atoms with Gasteiger partial charge in [-0.1, -0.05) is 30.3 Å². The predicted octanol–water partition coefficient (Wildman–Crippen LogP) is 4.65. The van der Waals surface area contributed by atoms with E-state index < -0.39 is 0 Å². The molecule has 0 spiro atoms. The Morgan fingerprint density at radius 1 is 1.06 bits per heavy atom. The Morgan fingerprint density at radius 3 is 2.39 bits per heavy atom. The molecular formula is C27H40N2O2. The molecule has 0 unspecified atom stereocenters. The lowest BCUT2D eigenvalue weighted by Gasteiger charge is -2.30. The van der Waals surface area contributed by atoms with Crippen LogP contribution in [0.1, 0.15) is 64.0 Å². The molecule has 2 fully saturated rings. The molecular weight excluding hydrogens is 384 g/mol. The SMILES string of the molecule is CC(C)N(CCc1ccc([C@@H]2CC=C3CN(C(=O)C4CCOCC4)C[C@@H]32)cc1)C(C)C. The third kappa shape index (κ3) is 5.06. The first kappa shape index (κ1) is 22.5. The summed E-state index contributed by atoms with van der Waals surface area (Å²) >= 11 is 0. The van der Waals surface area contributed by atoms with E-state index in [0.29, 0.717) is 29.8 Å². The molecule has 4 heteroatoms. The third-order valence-corrected chi connectivity index (χ3v) is 7.66. The number of hydrogen-bond acceptors (Lipinski definition) is 3. The molecule has 2 atom stereocenters. The molecule has 2 heterocycles. The topological polar surface area (TPSA) is 32.8 Å². The fourth-order valence-electron chi connectivity index (χ4n) is 5.84. The van der Waals surface area contributed by atoms with Crippen LogP contribution in [0, 0.1) is 11.8 Å². The number of likely N-dealkylation sites (tertiary alicyclic amines) is 1. The van der Waals surface area contributed by atoms with Crippen LogP contribution in [0.4, 0.5) is 0 Å². The number of allylic oxidation sites excluding steroid dienone is 1. The van der Waals surface area contributed by atoms with Crippen LogP contribution in [0.25, 0.3) is 0 Å². The highest BCUT2D eigenvalue weighted by Crippen LogP contribution is 2.44. The van der Waals surface area contributed by atoms with Crippen LogP contribution >= 0.6 is 0 Å². The van der Waals surface area contributed by atoms with Crippen LogP contribution in [0.3, 0.4) is 0 Å². The van der Waals surface area contributed by atoms with Crippen LogP contribution < -0.4 is 0 Å². The molecule has 2 saturated heterocycles. The summed E-state index contributed by atoms with van der Waals surface area (Å²) in [6.45, 7) is 13.4. The number of ether oxygens (including phenoxy) is 1. The maximum atomic E-state index is 13.0. The van der Waals surface area contributed by atoms with E-state index in [0.717, 1.165) is 58.5 Å². The number of fused-ring (bicyclic) bond motifs is 1. The average Bonchev–Trinajstić information content (AvgIpc) is 3.35. The molecule has 3 aliphatic rings. The third-order valence-electron chi connectivity index (χ3n) is 7.66. The van der Waals surface area contributed by atoms with Crippen molar-refractivity contribution in [2.45, 2.75) is 71.4 Å². The molecule has 31 heavy (non-hydrogen) atoms. The maximum absolute atomic E-state index is 13.0. The number of benzene rings is 1. The van der Waals surface area contributed by atoms with E-state index >= 15 is 0 Å². The van der Waals surface area contributed by atoms with Gasteiger partial charge >= 0.3 is 0 Å². The molecule has 2 aliphatic heterocycles. The van der Waals surface area contributed by atoms with Crippen molar-refractivity contribution < 1.29 is 9.53 Å². The van der Waals surface area contributed by atoms with E-state index in [1.165, 1.54) is 16.7 Å². The van der Waals surface area contributed by atoms with E-state index in [1.807, 2.05) is 0 Å². The lowest BCUT2D eigenvalue weighted by molar-refractivity contribution is -0.137. The van der Waals surface area contributed by atoms with Crippen LogP contribution in [0.15, 0.2) is 35.9 Å². The Labute approximate surface area is 188 Å². The first-order chi connectivity index (χ1) is 14.9. The highest BCUT2D eigenvalue weighted by atomic mass is 16.5. The molecule has 0 bridgehead atoms. The second-order valence-corrected chi connectivity index (χ2v) is 10.3. The van der Waals surface area contributed by atoms with Crippen molar-refractivity contribution >= 4 is 5.91 Å². The minimum absolute atomic E-state index is 0.169. The monoisotopic (exact) mass is 424 g/mol. The Bertz CT molecular complexity index is 769. The molecule has 0 saturated carbocycles. The van der Waals surface area contributed by atoms with Gasteiger partial charge in [0.05, 0.1) is 0 Å². The lowest BCUT2D eigenvalue weighted by Crippen LogP contribution is -2.38. The first-order valence-electron chi connectivity index (χ1n) is 12.3. The van der Waals surface area contributed by atoms with Gasteiger partial charge < -0.3 is 9.64 Å². The summed E-state index contributed by atoms with van der Waals surface area (Å²) in [5.41, 5.74) is 4.34. The molecule has 1 aromatic rings. The van der Waals surface area contributed by atoms with Gasteiger partial charge in [-0.25, -0.2) is 0 Å². The number of hydrogen-bond donors (Lipinski definition) is 0. The summed E-state index contributed by atoms with van der Waals surface area (Å²) in [5.74, 6) is 1.56. The van der Waals surface area contributed by atoms with Gasteiger partial charge in [0.1, 0.15) is 0 Å². The van der Waals surface area contributed by atoms with Gasteiger partial charge in [0.15, 0.2) is 0 Å². The molecule has 170 valence electrons. The largest absolute Gasteiger partial charge is 0.381 e. The minimum Gasteiger partial charge on any atom is -0.381 e. The summed E-state index contributed by atoms with van der Waals surface area (Å²) in [5, 5.41) is 0. The summed E-state index contributed by atoms with van der Waals surface area (Å²) in [4.78, 5) is 17.7. The van der Waals surface area contributed by atoms with Crippen LogP contribution in [-0.4, -0.2) is 60.6 Å². The molecule has 0 N–H and O–H groups in total. The molecule has 1 amide bonds. The van der Waals surface area contributed by atoms with E-state index in [4.69, 9.17) is 4.74 Å². The van der Waals surface area contributed by atoms with Gasteiger partial charge in [0.2, 0.25) is 5.91 Å². The Balaban J connectivity index is 1.35. The van der Waals surface area contributed by atoms with E-state index in [1.54, 1.807) is 0 Å². The predicted molar refractivity (Wildman–Crippen MR) is 126 cm³/mol. The zero-order valence-corrected chi connectivity index (χ0v) is 19.8. The summed E-state index contributed by atoms with van der Waals surface area (Å²) in [6, 6.07) is 10.5. The van der Waals surface area contributed by atoms with Crippen molar-refractivity contribution in [1.29, 1.82) is 0 Å². The Kier molecular flexibility index (Phi) is 7.18. The van der Waals surface area contributed by atoms with Gasteiger partial charge in [-0.05, 0) is 76.0 Å². The van der Waals surface area contributed by atoms with E-state index in [9.17, 15) is 4.79 Å². The van der Waals surface area contributed by atoms with Gasteiger partial charge in [-0.3, -0.25) is 9.69 Å². The standard InChI is InChI=1S/C27H40N2O2/c1-19(2)29(20(3)4)14-11-21-5-7-22(8-6-21)25-10-9-24-17-28(18-26(24)25)27(30)23-12-15-31-16-13-23/h5-9,19-20,23,25-26H,10-18H2,1-4H3/t25-,26-/m0/s1.